The van der Waals surface area contributed by atoms with E-state index in [9.17, 15) is 0 Å². The number of aliphatic hydroxyl groups excluding tert-OH is 2. The van der Waals surface area contributed by atoms with E-state index in [2.05, 4.69) is 0 Å². The Morgan fingerprint density at radius 1 is 1.50 bits per heavy atom. The van der Waals surface area contributed by atoms with E-state index in [1.807, 2.05) is 0 Å². The molecule has 0 spiro atoms. The molecule has 0 aromatic rings. The van der Waals surface area contributed by atoms with Crippen molar-refractivity contribution in [2.45, 2.75) is 6.10 Å². The largest absolute Gasteiger partial charge is 0.396 e. The van der Waals surface area contributed by atoms with Gasteiger partial charge >= 0.3 is 0 Å². The molecule has 1 fully saturated rings. The summed E-state index contributed by atoms with van der Waals surface area (Å²) in [6.45, 7) is 0.907. The Hall–Kier alpha value is -0.120. The van der Waals surface area contributed by atoms with Gasteiger partial charge in [0.1, 0.15) is 0 Å². The van der Waals surface area contributed by atoms with Crippen LogP contribution in [0.4, 0.5) is 0 Å². The van der Waals surface area contributed by atoms with E-state index in [0.717, 1.165) is 0 Å². The monoisotopic (exact) mass is 118 g/mol. The van der Waals surface area contributed by atoms with Crippen LogP contribution in [0.25, 0.3) is 0 Å². The molecule has 8 heavy (non-hydrogen) atoms. The Kier molecular flexibility index (Phi) is 1.83. The fourth-order valence-electron chi connectivity index (χ4n) is 0.762. The minimum absolute atomic E-state index is 0.0289. The molecule has 0 radical (unpaired) electrons. The summed E-state index contributed by atoms with van der Waals surface area (Å²) in [6, 6.07) is 0. The molecule has 1 heterocycles. The van der Waals surface area contributed by atoms with E-state index < -0.39 is 6.10 Å². The van der Waals surface area contributed by atoms with Crippen molar-refractivity contribution in [2.75, 3.05) is 19.8 Å². The summed E-state index contributed by atoms with van der Waals surface area (Å²) < 4.78 is 4.85. The number of hydrogen-bond donors (Lipinski definition) is 2. The lowest BCUT2D eigenvalue weighted by Gasteiger charge is -2.05. The van der Waals surface area contributed by atoms with Crippen molar-refractivity contribution in [2.24, 2.45) is 5.92 Å². The highest BCUT2D eigenvalue weighted by Crippen LogP contribution is 2.11. The van der Waals surface area contributed by atoms with E-state index in [1.54, 1.807) is 0 Å². The summed E-state index contributed by atoms with van der Waals surface area (Å²) in [7, 11) is 0. The summed E-state index contributed by atoms with van der Waals surface area (Å²) >= 11 is 0. The molecule has 0 unspecified atom stereocenters. The first-order valence-electron chi connectivity index (χ1n) is 2.71. The maximum Gasteiger partial charge on any atom is 0.0845 e. The van der Waals surface area contributed by atoms with Crippen molar-refractivity contribution in [3.8, 4) is 0 Å². The Bertz CT molecular complexity index is 74.1. The van der Waals surface area contributed by atoms with Crippen LogP contribution in [0.2, 0.25) is 0 Å². The van der Waals surface area contributed by atoms with Crippen molar-refractivity contribution in [1.29, 1.82) is 0 Å². The topological polar surface area (TPSA) is 49.7 Å². The molecule has 1 aliphatic heterocycles. The first-order chi connectivity index (χ1) is 3.84. The zero-order valence-electron chi connectivity index (χ0n) is 4.58. The second kappa shape index (κ2) is 2.44. The van der Waals surface area contributed by atoms with Gasteiger partial charge in [-0.1, -0.05) is 0 Å². The number of hydrogen-bond acceptors (Lipinski definition) is 3. The fourth-order valence-corrected chi connectivity index (χ4v) is 0.762. The Morgan fingerprint density at radius 3 is 2.50 bits per heavy atom. The summed E-state index contributed by atoms with van der Waals surface area (Å²) in [6.07, 6.45) is -0.444. The van der Waals surface area contributed by atoms with Crippen LogP contribution in [0, 0.1) is 5.92 Å². The third-order valence-corrected chi connectivity index (χ3v) is 1.40. The standard InChI is InChI=1S/C5H10O3/c6-1-4-2-8-3-5(4)7/h4-7H,1-3H2/t4-,5+/m1/s1. The molecule has 0 saturated carbocycles. The highest BCUT2D eigenvalue weighted by molar-refractivity contribution is 4.72. The quantitative estimate of drug-likeness (QED) is 0.463. The molecule has 1 rings (SSSR count). The average molecular weight is 118 g/mol. The summed E-state index contributed by atoms with van der Waals surface area (Å²) in [4.78, 5) is 0. The van der Waals surface area contributed by atoms with Crippen LogP contribution >= 0.6 is 0 Å². The molecular weight excluding hydrogens is 108 g/mol. The van der Waals surface area contributed by atoms with Crippen LogP contribution in [0.15, 0.2) is 0 Å². The van der Waals surface area contributed by atoms with Gasteiger partial charge in [0.05, 0.1) is 25.9 Å². The second-order valence-electron chi connectivity index (χ2n) is 2.05. The second-order valence-corrected chi connectivity index (χ2v) is 2.05. The van der Waals surface area contributed by atoms with Crippen molar-refractivity contribution >= 4 is 0 Å². The van der Waals surface area contributed by atoms with Gasteiger partial charge in [0.15, 0.2) is 0 Å². The SMILES string of the molecule is OC[C@@H]1COC[C@@H]1O. The van der Waals surface area contributed by atoms with Gasteiger partial charge < -0.3 is 14.9 Å². The predicted molar refractivity (Wildman–Crippen MR) is 27.4 cm³/mol. The van der Waals surface area contributed by atoms with Crippen LogP contribution in [-0.4, -0.2) is 36.1 Å². The van der Waals surface area contributed by atoms with Gasteiger partial charge in [-0.2, -0.15) is 0 Å². The first kappa shape index (κ1) is 6.01. The molecule has 3 nitrogen and oxygen atoms in total. The predicted octanol–water partition coefficient (Wildman–Crippen LogP) is -1.01. The van der Waals surface area contributed by atoms with Crippen molar-refractivity contribution in [3.05, 3.63) is 0 Å². The van der Waals surface area contributed by atoms with Crippen LogP contribution in [-0.2, 0) is 4.74 Å². The van der Waals surface area contributed by atoms with E-state index in [4.69, 9.17) is 14.9 Å². The van der Waals surface area contributed by atoms with Gasteiger partial charge in [-0.25, -0.2) is 0 Å². The smallest absolute Gasteiger partial charge is 0.0845 e. The molecule has 3 heteroatoms. The van der Waals surface area contributed by atoms with Gasteiger partial charge in [-0.05, 0) is 0 Å². The lowest BCUT2D eigenvalue weighted by Crippen LogP contribution is -2.20. The zero-order chi connectivity index (χ0) is 5.98. The highest BCUT2D eigenvalue weighted by Gasteiger charge is 2.24. The highest BCUT2D eigenvalue weighted by atomic mass is 16.5. The minimum Gasteiger partial charge on any atom is -0.396 e. The van der Waals surface area contributed by atoms with Gasteiger partial charge in [0.25, 0.3) is 0 Å². The lowest BCUT2D eigenvalue weighted by molar-refractivity contribution is 0.0988. The normalized spacial score (nSPS) is 38.2. The van der Waals surface area contributed by atoms with Gasteiger partial charge in [-0.15, -0.1) is 0 Å². The van der Waals surface area contributed by atoms with Gasteiger partial charge in [-0.3, -0.25) is 0 Å². The molecule has 1 saturated heterocycles. The summed E-state index contributed by atoms with van der Waals surface area (Å²) in [5, 5.41) is 17.4. The average Bonchev–Trinajstić information content (AvgIpc) is 2.14. The van der Waals surface area contributed by atoms with Crippen molar-refractivity contribution < 1.29 is 14.9 Å². The number of aliphatic hydroxyl groups is 2. The minimum atomic E-state index is -0.444. The number of ether oxygens (including phenoxy) is 1. The van der Waals surface area contributed by atoms with E-state index in [1.165, 1.54) is 0 Å². The molecule has 0 aromatic heterocycles. The molecule has 0 amide bonds. The first-order valence-corrected chi connectivity index (χ1v) is 2.71. The Labute approximate surface area is 47.9 Å². The zero-order valence-corrected chi connectivity index (χ0v) is 4.58. The Balaban J connectivity index is 2.30. The van der Waals surface area contributed by atoms with Gasteiger partial charge in [0.2, 0.25) is 0 Å². The molecule has 2 N–H and O–H groups in total. The van der Waals surface area contributed by atoms with Crippen LogP contribution in [0.5, 0.6) is 0 Å². The maximum absolute atomic E-state index is 8.90. The van der Waals surface area contributed by atoms with E-state index in [0.29, 0.717) is 13.2 Å². The van der Waals surface area contributed by atoms with Crippen LogP contribution in [0.1, 0.15) is 0 Å². The van der Waals surface area contributed by atoms with Crippen molar-refractivity contribution in [1.82, 2.24) is 0 Å². The van der Waals surface area contributed by atoms with Crippen LogP contribution in [0.3, 0.4) is 0 Å². The molecule has 0 aliphatic carbocycles. The van der Waals surface area contributed by atoms with Crippen LogP contribution < -0.4 is 0 Å². The molecule has 48 valence electrons. The summed E-state index contributed by atoms with van der Waals surface area (Å²) in [5.41, 5.74) is 0. The third kappa shape index (κ3) is 0.992. The van der Waals surface area contributed by atoms with E-state index >= 15 is 0 Å². The molecular formula is C5H10O3. The number of rotatable bonds is 1. The maximum atomic E-state index is 8.90. The molecule has 0 bridgehead atoms. The fraction of sp³-hybridized carbons (Fsp3) is 1.00. The summed E-state index contributed by atoms with van der Waals surface area (Å²) in [5.74, 6) is -0.0463. The third-order valence-electron chi connectivity index (χ3n) is 1.40. The molecule has 0 aromatic carbocycles. The lowest BCUT2D eigenvalue weighted by atomic mass is 10.1. The Morgan fingerprint density at radius 2 is 2.25 bits per heavy atom. The van der Waals surface area contributed by atoms with Crippen molar-refractivity contribution in [3.63, 3.8) is 0 Å². The molecule has 2 atom stereocenters. The van der Waals surface area contributed by atoms with E-state index in [-0.39, 0.29) is 12.5 Å². The van der Waals surface area contributed by atoms with Gasteiger partial charge in [0, 0.05) is 5.92 Å². The molecule has 1 aliphatic rings.